The number of para-hydroxylation sites is 1. The van der Waals surface area contributed by atoms with Crippen LogP contribution in [0.25, 0.3) is 0 Å². The summed E-state index contributed by atoms with van der Waals surface area (Å²) in [7, 11) is 0. The number of carbonyl (C=O) groups excluding carboxylic acids is 1. The molecule has 18 heavy (non-hydrogen) atoms. The molecule has 0 saturated heterocycles. The number of fused-ring (bicyclic) bond motifs is 1. The van der Waals surface area contributed by atoms with Crippen molar-refractivity contribution in [1.29, 1.82) is 0 Å². The molecule has 3 rings (SSSR count). The first-order valence-electron chi connectivity index (χ1n) is 7.15. The van der Waals surface area contributed by atoms with Crippen LogP contribution in [0.1, 0.15) is 44.6 Å². The van der Waals surface area contributed by atoms with Crippen LogP contribution in [-0.4, -0.2) is 11.9 Å². The molecule has 0 bridgehead atoms. The van der Waals surface area contributed by atoms with Crippen molar-refractivity contribution >= 4 is 11.6 Å². The summed E-state index contributed by atoms with van der Waals surface area (Å²) in [6, 6.07) is 8.85. The molecule has 0 radical (unpaired) electrons. The topological polar surface area (TPSA) is 20.3 Å². The van der Waals surface area contributed by atoms with Gasteiger partial charge in [0.2, 0.25) is 5.91 Å². The highest BCUT2D eigenvalue weighted by Crippen LogP contribution is 2.35. The molecule has 0 atom stereocenters. The molecule has 0 N–H and O–H groups in total. The average Bonchev–Trinajstić information content (AvgIpc) is 2.40. The summed E-state index contributed by atoms with van der Waals surface area (Å²) in [5.74, 6) is 1.16. The molecule has 96 valence electrons. The van der Waals surface area contributed by atoms with Gasteiger partial charge in [0.15, 0.2) is 0 Å². The Balaban J connectivity index is 1.88. The van der Waals surface area contributed by atoms with Crippen LogP contribution in [0, 0.1) is 5.92 Å². The van der Waals surface area contributed by atoms with Crippen molar-refractivity contribution in [1.82, 2.24) is 0 Å². The fourth-order valence-corrected chi connectivity index (χ4v) is 3.35. The monoisotopic (exact) mass is 243 g/mol. The first-order chi connectivity index (χ1) is 8.75. The van der Waals surface area contributed by atoms with Crippen LogP contribution >= 0.6 is 0 Å². The third-order valence-electron chi connectivity index (χ3n) is 4.48. The van der Waals surface area contributed by atoms with E-state index in [2.05, 4.69) is 36.1 Å². The summed E-state index contributed by atoms with van der Waals surface area (Å²) < 4.78 is 0. The van der Waals surface area contributed by atoms with Gasteiger partial charge in [-0.25, -0.2) is 0 Å². The van der Waals surface area contributed by atoms with Crippen molar-refractivity contribution in [2.45, 2.75) is 51.5 Å². The van der Waals surface area contributed by atoms with Crippen molar-refractivity contribution in [3.63, 3.8) is 0 Å². The molecule has 2 aliphatic rings. The molecule has 1 saturated carbocycles. The van der Waals surface area contributed by atoms with Gasteiger partial charge in [0.1, 0.15) is 0 Å². The molecule has 1 amide bonds. The standard InChI is InChI=1S/C16H21NO/c1-12-6-9-14(10-7-12)17-15-5-3-2-4-13(15)8-11-16(17)18/h2-5,12,14H,6-11H2,1H3. The van der Waals surface area contributed by atoms with E-state index in [-0.39, 0.29) is 0 Å². The van der Waals surface area contributed by atoms with Crippen LogP contribution in [0.3, 0.4) is 0 Å². The van der Waals surface area contributed by atoms with Crippen molar-refractivity contribution in [3.05, 3.63) is 29.8 Å². The van der Waals surface area contributed by atoms with E-state index in [0.717, 1.165) is 12.3 Å². The number of aryl methyl sites for hydroxylation is 1. The van der Waals surface area contributed by atoms with E-state index in [4.69, 9.17) is 0 Å². The Labute approximate surface area is 109 Å². The Hall–Kier alpha value is -1.31. The zero-order chi connectivity index (χ0) is 12.5. The van der Waals surface area contributed by atoms with E-state index < -0.39 is 0 Å². The quantitative estimate of drug-likeness (QED) is 0.738. The van der Waals surface area contributed by atoms with Gasteiger partial charge < -0.3 is 4.90 Å². The fraction of sp³-hybridized carbons (Fsp3) is 0.562. The number of rotatable bonds is 1. The highest BCUT2D eigenvalue weighted by molar-refractivity contribution is 5.96. The van der Waals surface area contributed by atoms with Gasteiger partial charge >= 0.3 is 0 Å². The minimum atomic E-state index is 0.327. The normalized spacial score (nSPS) is 28.1. The number of anilines is 1. The van der Waals surface area contributed by atoms with Gasteiger partial charge in [-0.2, -0.15) is 0 Å². The van der Waals surface area contributed by atoms with Crippen molar-refractivity contribution < 1.29 is 4.79 Å². The highest BCUT2D eigenvalue weighted by Gasteiger charge is 2.32. The van der Waals surface area contributed by atoms with Gasteiger partial charge in [0.05, 0.1) is 0 Å². The molecule has 2 nitrogen and oxygen atoms in total. The predicted octanol–water partition coefficient (Wildman–Crippen LogP) is 3.54. The highest BCUT2D eigenvalue weighted by atomic mass is 16.2. The van der Waals surface area contributed by atoms with Crippen molar-refractivity contribution in [2.24, 2.45) is 5.92 Å². The van der Waals surface area contributed by atoms with E-state index in [1.165, 1.54) is 36.9 Å². The maximum atomic E-state index is 12.3. The minimum absolute atomic E-state index is 0.327. The minimum Gasteiger partial charge on any atom is -0.309 e. The molecular weight excluding hydrogens is 222 g/mol. The third-order valence-corrected chi connectivity index (χ3v) is 4.48. The number of carbonyl (C=O) groups is 1. The molecule has 1 aliphatic carbocycles. The number of amides is 1. The second kappa shape index (κ2) is 4.75. The largest absolute Gasteiger partial charge is 0.309 e. The van der Waals surface area contributed by atoms with Crippen LogP contribution in [0.2, 0.25) is 0 Å². The van der Waals surface area contributed by atoms with E-state index in [9.17, 15) is 4.79 Å². The lowest BCUT2D eigenvalue weighted by molar-refractivity contribution is -0.119. The van der Waals surface area contributed by atoms with E-state index >= 15 is 0 Å². The third kappa shape index (κ3) is 2.05. The van der Waals surface area contributed by atoms with Gasteiger partial charge in [0, 0.05) is 18.2 Å². The Bertz CT molecular complexity index is 446. The fourth-order valence-electron chi connectivity index (χ4n) is 3.35. The Morgan fingerprint density at radius 2 is 1.78 bits per heavy atom. The second-order valence-corrected chi connectivity index (χ2v) is 5.81. The number of hydrogen-bond acceptors (Lipinski definition) is 1. The zero-order valence-corrected chi connectivity index (χ0v) is 11.1. The molecule has 0 unspecified atom stereocenters. The second-order valence-electron chi connectivity index (χ2n) is 5.81. The summed E-state index contributed by atoms with van der Waals surface area (Å²) in [5, 5.41) is 0. The number of nitrogens with zero attached hydrogens (tertiary/aromatic N) is 1. The Morgan fingerprint density at radius 1 is 1.06 bits per heavy atom. The molecule has 1 heterocycles. The zero-order valence-electron chi connectivity index (χ0n) is 11.1. The first-order valence-corrected chi connectivity index (χ1v) is 7.15. The van der Waals surface area contributed by atoms with Crippen molar-refractivity contribution in [3.8, 4) is 0 Å². The maximum absolute atomic E-state index is 12.3. The number of benzene rings is 1. The van der Waals surface area contributed by atoms with Crippen LogP contribution in [0.5, 0.6) is 0 Å². The first kappa shape index (κ1) is 11.8. The van der Waals surface area contributed by atoms with Crippen LogP contribution in [0.15, 0.2) is 24.3 Å². The van der Waals surface area contributed by atoms with E-state index in [1.54, 1.807) is 0 Å². The summed E-state index contributed by atoms with van der Waals surface area (Å²) in [5.41, 5.74) is 2.52. The molecule has 1 aromatic rings. The summed E-state index contributed by atoms with van der Waals surface area (Å²) in [6.45, 7) is 2.32. The number of hydrogen-bond donors (Lipinski definition) is 0. The van der Waals surface area contributed by atoms with Crippen LogP contribution in [0.4, 0.5) is 5.69 Å². The van der Waals surface area contributed by atoms with Gasteiger partial charge in [-0.3, -0.25) is 4.79 Å². The van der Waals surface area contributed by atoms with E-state index in [1.807, 2.05) is 0 Å². The lowest BCUT2D eigenvalue weighted by atomic mass is 9.85. The summed E-state index contributed by atoms with van der Waals surface area (Å²) >= 11 is 0. The molecular formula is C16H21NO. The molecule has 0 aromatic heterocycles. The molecule has 1 fully saturated rings. The Kier molecular flexibility index (Phi) is 3.11. The average molecular weight is 243 g/mol. The smallest absolute Gasteiger partial charge is 0.227 e. The molecule has 2 heteroatoms. The van der Waals surface area contributed by atoms with Crippen LogP contribution < -0.4 is 4.90 Å². The van der Waals surface area contributed by atoms with E-state index in [0.29, 0.717) is 18.4 Å². The lowest BCUT2D eigenvalue weighted by Gasteiger charge is -2.39. The summed E-state index contributed by atoms with van der Waals surface area (Å²) in [4.78, 5) is 14.4. The maximum Gasteiger partial charge on any atom is 0.227 e. The summed E-state index contributed by atoms with van der Waals surface area (Å²) in [6.07, 6.45) is 6.45. The molecule has 1 aliphatic heterocycles. The molecule has 0 spiro atoms. The molecule has 1 aromatic carbocycles. The Morgan fingerprint density at radius 3 is 2.56 bits per heavy atom. The van der Waals surface area contributed by atoms with Gasteiger partial charge in [-0.15, -0.1) is 0 Å². The SMILES string of the molecule is CC1CCC(N2C(=O)CCc3ccccc32)CC1. The van der Waals surface area contributed by atoms with Gasteiger partial charge in [-0.05, 0) is 49.7 Å². The predicted molar refractivity (Wildman–Crippen MR) is 73.7 cm³/mol. The van der Waals surface area contributed by atoms with Gasteiger partial charge in [-0.1, -0.05) is 25.1 Å². The van der Waals surface area contributed by atoms with Crippen LogP contribution in [-0.2, 0) is 11.2 Å². The van der Waals surface area contributed by atoms with Crippen molar-refractivity contribution in [2.75, 3.05) is 4.90 Å². The van der Waals surface area contributed by atoms with Gasteiger partial charge in [0.25, 0.3) is 0 Å². The lowest BCUT2D eigenvalue weighted by Crippen LogP contribution is -2.44.